The third-order valence-corrected chi connectivity index (χ3v) is 5.84. The van der Waals surface area contributed by atoms with E-state index in [1.165, 1.54) is 0 Å². The van der Waals surface area contributed by atoms with Gasteiger partial charge in [-0.15, -0.1) is 0 Å². The summed E-state index contributed by atoms with van der Waals surface area (Å²) in [5.41, 5.74) is 1.18. The molecule has 2 unspecified atom stereocenters. The van der Waals surface area contributed by atoms with Crippen LogP contribution < -0.4 is 9.47 Å². The zero-order valence-electron chi connectivity index (χ0n) is 17.3. The second-order valence-electron chi connectivity index (χ2n) is 6.61. The molecule has 2 heterocycles. The fourth-order valence-electron chi connectivity index (χ4n) is 4.96. The van der Waals surface area contributed by atoms with Crippen molar-refractivity contribution in [3.63, 3.8) is 0 Å². The number of nitrogens with zero attached hydrogens (tertiary/aromatic N) is 1. The lowest BCUT2D eigenvalue weighted by atomic mass is 9.53. The van der Waals surface area contributed by atoms with Crippen LogP contribution in [0.25, 0.3) is 0 Å². The van der Waals surface area contributed by atoms with Gasteiger partial charge in [-0.25, -0.2) is 0 Å². The summed E-state index contributed by atoms with van der Waals surface area (Å²) in [6.45, 7) is -1.85. The summed E-state index contributed by atoms with van der Waals surface area (Å²) in [5, 5.41) is 4.89. The van der Waals surface area contributed by atoms with Gasteiger partial charge in [0.15, 0.2) is 11.5 Å². The van der Waals surface area contributed by atoms with Crippen molar-refractivity contribution in [2.24, 2.45) is 5.92 Å². The first-order valence-corrected chi connectivity index (χ1v) is 7.74. The molecule has 0 saturated carbocycles. The van der Waals surface area contributed by atoms with E-state index >= 15 is 0 Å². The molecule has 4 aliphatic rings. The molecule has 1 N–H and O–H groups in total. The van der Waals surface area contributed by atoms with Gasteiger partial charge in [0, 0.05) is 27.1 Å². The Morgan fingerprint density at radius 1 is 1.55 bits per heavy atom. The maximum atomic E-state index is 9.27. The minimum Gasteiger partial charge on any atom is -0.493 e. The smallest absolute Gasteiger partial charge is 0.211 e. The molecule has 4 heteroatoms. The predicted molar refractivity (Wildman–Crippen MR) is 82.5 cm³/mol. The molecule has 116 valence electrons. The molecule has 2 bridgehead atoms. The first-order valence-electron chi connectivity index (χ1n) is 10.1. The molecule has 5 rings (SSSR count). The summed E-state index contributed by atoms with van der Waals surface area (Å²) in [4.78, 5) is 1.58. The Morgan fingerprint density at radius 3 is 3.32 bits per heavy atom. The SMILES string of the molecule is [2H]OC1C=C[C@H]2[C@H]3Cc4ccc(OC)c5c4[C@@]2(CCN3C([2H])([2H])[2H])C1([2H])O5. The number of rotatable bonds is 2. The minimum atomic E-state index is -2.19. The molecular weight excluding hydrogens is 278 g/mol. The Bertz CT molecular complexity index is 843. The molecule has 4 nitrogen and oxygen atoms in total. The topological polar surface area (TPSA) is 41.9 Å². The fourth-order valence-corrected chi connectivity index (χ4v) is 4.96. The van der Waals surface area contributed by atoms with Crippen LogP contribution in [0, 0.1) is 5.92 Å². The number of methoxy groups -OCH3 is 1. The van der Waals surface area contributed by atoms with E-state index in [4.69, 9.17) is 20.1 Å². The molecule has 2 aliphatic carbocycles. The highest BCUT2D eigenvalue weighted by Crippen LogP contribution is 2.62. The van der Waals surface area contributed by atoms with Gasteiger partial charge in [-0.3, -0.25) is 0 Å². The minimum absolute atomic E-state index is 0.198. The van der Waals surface area contributed by atoms with E-state index in [-0.39, 0.29) is 12.0 Å². The molecule has 1 fully saturated rings. The number of likely N-dealkylation sites (tertiary alicyclic amines) is 1. The van der Waals surface area contributed by atoms with Crippen molar-refractivity contribution < 1.29 is 20.1 Å². The zero-order valence-corrected chi connectivity index (χ0v) is 12.3. The molecule has 2 aliphatic heterocycles. The Morgan fingerprint density at radius 2 is 2.50 bits per heavy atom. The molecule has 1 saturated heterocycles. The van der Waals surface area contributed by atoms with E-state index < -0.39 is 24.6 Å². The van der Waals surface area contributed by atoms with Crippen molar-refractivity contribution in [3.8, 4) is 11.5 Å². The zero-order chi connectivity index (χ0) is 19.2. The average Bonchev–Trinajstić information content (AvgIpc) is 2.88. The van der Waals surface area contributed by atoms with Gasteiger partial charge in [-0.1, -0.05) is 18.2 Å². The molecular formula is C18H21NO3. The number of hydrogen-bond donors (Lipinski definition) is 1. The third kappa shape index (κ3) is 1.28. The fraction of sp³-hybridized carbons (Fsp3) is 0.556. The van der Waals surface area contributed by atoms with Crippen molar-refractivity contribution in [2.75, 3.05) is 20.6 Å². The first-order chi connectivity index (χ1) is 12.8. The summed E-state index contributed by atoms with van der Waals surface area (Å²) in [6, 6.07) is 3.51. The van der Waals surface area contributed by atoms with E-state index in [1.54, 1.807) is 18.1 Å². The number of benzene rings is 1. The normalized spacial score (nSPS) is 48.2. The maximum absolute atomic E-state index is 9.27. The monoisotopic (exact) mass is 304 g/mol. The van der Waals surface area contributed by atoms with Crippen LogP contribution in [0.4, 0.5) is 0 Å². The van der Waals surface area contributed by atoms with Gasteiger partial charge < -0.3 is 19.5 Å². The van der Waals surface area contributed by atoms with Gasteiger partial charge >= 0.3 is 0 Å². The molecule has 0 aromatic heterocycles. The van der Waals surface area contributed by atoms with Gasteiger partial charge in [0.2, 0.25) is 1.43 Å². The van der Waals surface area contributed by atoms with Gasteiger partial charge in [-0.2, -0.15) is 0 Å². The lowest BCUT2D eigenvalue weighted by molar-refractivity contribution is -0.0453. The Labute approximate surface area is 137 Å². The highest BCUT2D eigenvalue weighted by molar-refractivity contribution is 5.62. The molecule has 1 spiro atoms. The van der Waals surface area contributed by atoms with Crippen LogP contribution >= 0.6 is 0 Å². The summed E-state index contributed by atoms with van der Waals surface area (Å²) < 4.78 is 52.4. The Balaban J connectivity index is 1.79. The van der Waals surface area contributed by atoms with E-state index in [0.29, 0.717) is 30.9 Å². The van der Waals surface area contributed by atoms with Crippen molar-refractivity contribution in [3.05, 3.63) is 35.4 Å². The lowest BCUT2D eigenvalue weighted by Gasteiger charge is -2.56. The summed E-state index contributed by atoms with van der Waals surface area (Å²) in [5.74, 6) is 0.904. The number of hydrogen-bond acceptors (Lipinski definition) is 4. The second kappa shape index (κ2) is 4.06. The first kappa shape index (κ1) is 8.94. The van der Waals surface area contributed by atoms with Crippen molar-refractivity contribution in [1.29, 1.82) is 1.43 Å². The van der Waals surface area contributed by atoms with Gasteiger partial charge in [-0.05, 0) is 38.0 Å². The standard InChI is InChI=1S/C18H21NO3/c1-19-8-7-18-11-4-5-13(20)17(18)22-16-14(21-2)6-3-10(15(16)18)9-12(11)19/h3-6,11-13,17,20H,7-9H2,1-2H3/t11-,12+,13?,17?,18-/m0/s1/i1D3,17D,20D. The third-order valence-electron chi connectivity index (χ3n) is 5.84. The van der Waals surface area contributed by atoms with Crippen LogP contribution in [0.15, 0.2) is 24.3 Å². The molecule has 1 aromatic carbocycles. The van der Waals surface area contributed by atoms with Gasteiger partial charge in [0.1, 0.15) is 12.2 Å². The molecule has 0 amide bonds. The predicted octanol–water partition coefficient (Wildman–Crippen LogP) is 1.50. The maximum Gasteiger partial charge on any atom is 0.211 e. The molecule has 22 heavy (non-hydrogen) atoms. The van der Waals surface area contributed by atoms with Crippen LogP contribution in [-0.4, -0.2) is 50.3 Å². The summed E-state index contributed by atoms with van der Waals surface area (Å²) >= 11 is 0. The highest BCUT2D eigenvalue weighted by Gasteiger charge is 2.64. The molecule has 0 radical (unpaired) electrons. The second-order valence-corrected chi connectivity index (χ2v) is 6.61. The largest absolute Gasteiger partial charge is 0.493 e. The number of piperidine rings is 1. The highest BCUT2D eigenvalue weighted by atomic mass is 16.5. The Kier molecular flexibility index (Phi) is 1.65. The van der Waals surface area contributed by atoms with E-state index in [9.17, 15) is 1.37 Å². The molecule has 1 aromatic rings. The van der Waals surface area contributed by atoms with Crippen LogP contribution in [0.3, 0.4) is 0 Å². The van der Waals surface area contributed by atoms with Crippen LogP contribution in [0.5, 0.6) is 11.5 Å². The van der Waals surface area contributed by atoms with E-state index in [2.05, 4.69) is 0 Å². The van der Waals surface area contributed by atoms with E-state index in [0.717, 1.165) is 11.1 Å². The van der Waals surface area contributed by atoms with E-state index in [1.807, 2.05) is 18.2 Å². The van der Waals surface area contributed by atoms with Crippen molar-refractivity contribution in [1.82, 2.24) is 4.90 Å². The number of aliphatic hydroxyl groups is 1. The number of likely N-dealkylation sites (N-methyl/N-ethyl adjacent to an activating group) is 1. The molecule has 5 atom stereocenters. The van der Waals surface area contributed by atoms with Gasteiger partial charge in [0.25, 0.3) is 0 Å². The average molecular weight is 304 g/mol. The summed E-state index contributed by atoms with van der Waals surface area (Å²) in [6.07, 6.45) is 2.26. The van der Waals surface area contributed by atoms with Crippen molar-refractivity contribution >= 4 is 0 Å². The van der Waals surface area contributed by atoms with Gasteiger partial charge in [0.05, 0.1) is 8.48 Å². The quantitative estimate of drug-likeness (QED) is 0.841. The lowest BCUT2D eigenvalue weighted by Crippen LogP contribution is -2.64. The van der Waals surface area contributed by atoms with Crippen LogP contribution in [0.2, 0.25) is 0 Å². The van der Waals surface area contributed by atoms with Crippen LogP contribution in [0.1, 0.15) is 23.0 Å². The van der Waals surface area contributed by atoms with Crippen molar-refractivity contribution in [2.45, 2.75) is 36.5 Å². The Hall–Kier alpha value is -1.52. The number of ether oxygens (including phenoxy) is 2. The van der Waals surface area contributed by atoms with Crippen LogP contribution in [-0.2, 0) is 11.8 Å². The number of aliphatic hydroxyl groups excluding tert-OH is 1. The summed E-state index contributed by atoms with van der Waals surface area (Å²) in [7, 11) is 1.56.